The molecule has 0 N–H and O–H groups in total. The third-order valence-corrected chi connectivity index (χ3v) is 5.20. The first-order valence-corrected chi connectivity index (χ1v) is 8.36. The maximum Gasteiger partial charge on any atom is 0.279 e. The summed E-state index contributed by atoms with van der Waals surface area (Å²) in [5.41, 5.74) is 1.40. The van der Waals surface area contributed by atoms with Crippen LogP contribution in [-0.4, -0.2) is 64.1 Å². The molecule has 1 aliphatic heterocycles. The molecule has 2 aliphatic rings. The number of likely N-dealkylation sites (N-methyl/N-ethyl adjacent to an activating group) is 1. The Labute approximate surface area is 135 Å². The Morgan fingerprint density at radius 3 is 2.65 bits per heavy atom. The van der Waals surface area contributed by atoms with Crippen molar-refractivity contribution < 1.29 is 0 Å². The Morgan fingerprint density at radius 1 is 1.13 bits per heavy atom. The zero-order chi connectivity index (χ0) is 15.9. The number of hydrogen-bond acceptors (Lipinski definition) is 5. The molecule has 2 fully saturated rings. The van der Waals surface area contributed by atoms with E-state index in [2.05, 4.69) is 26.8 Å². The van der Waals surface area contributed by atoms with Gasteiger partial charge in [-0.2, -0.15) is 0 Å². The molecular formula is C17H23N5O. The van der Waals surface area contributed by atoms with Gasteiger partial charge in [-0.15, -0.1) is 0 Å². The molecular weight excluding hydrogens is 290 g/mol. The van der Waals surface area contributed by atoms with Crippen LogP contribution in [-0.2, 0) is 6.54 Å². The van der Waals surface area contributed by atoms with E-state index in [1.807, 2.05) is 12.1 Å². The van der Waals surface area contributed by atoms with E-state index in [0.717, 1.165) is 39.3 Å². The van der Waals surface area contributed by atoms with Crippen LogP contribution in [0.2, 0.25) is 0 Å². The van der Waals surface area contributed by atoms with Crippen molar-refractivity contribution >= 4 is 11.0 Å². The van der Waals surface area contributed by atoms with E-state index in [9.17, 15) is 4.79 Å². The molecule has 6 heteroatoms. The molecule has 122 valence electrons. The normalized spacial score (nSPS) is 21.6. The molecule has 0 radical (unpaired) electrons. The van der Waals surface area contributed by atoms with Gasteiger partial charge in [0.25, 0.3) is 5.56 Å². The average Bonchev–Trinajstić information content (AvgIpc) is 3.32. The summed E-state index contributed by atoms with van der Waals surface area (Å²) >= 11 is 0. The smallest absolute Gasteiger partial charge is 0.279 e. The summed E-state index contributed by atoms with van der Waals surface area (Å²) in [5, 5.41) is 0. The average molecular weight is 313 g/mol. The molecule has 2 aromatic rings. The van der Waals surface area contributed by atoms with Crippen LogP contribution in [0.1, 0.15) is 12.8 Å². The molecule has 6 nitrogen and oxygen atoms in total. The number of pyridine rings is 1. The Hall–Kier alpha value is -1.79. The van der Waals surface area contributed by atoms with E-state index < -0.39 is 0 Å². The number of piperazine rings is 1. The van der Waals surface area contributed by atoms with Gasteiger partial charge in [-0.1, -0.05) is 0 Å². The third-order valence-electron chi connectivity index (χ3n) is 5.20. The number of rotatable bonds is 4. The van der Waals surface area contributed by atoms with Gasteiger partial charge in [0.2, 0.25) is 0 Å². The summed E-state index contributed by atoms with van der Waals surface area (Å²) in [5.74, 6) is 0. The first kappa shape index (κ1) is 14.8. The number of fused-ring (bicyclic) bond motifs is 1. The highest BCUT2D eigenvalue weighted by Crippen LogP contribution is 2.47. The molecule has 0 aromatic carbocycles. The molecule has 1 saturated heterocycles. The van der Waals surface area contributed by atoms with Gasteiger partial charge in [0, 0.05) is 50.9 Å². The van der Waals surface area contributed by atoms with Gasteiger partial charge in [-0.3, -0.25) is 9.36 Å². The lowest BCUT2D eigenvalue weighted by Crippen LogP contribution is -2.47. The van der Waals surface area contributed by atoms with Gasteiger partial charge in [-0.05, 0) is 32.0 Å². The Morgan fingerprint density at radius 2 is 1.91 bits per heavy atom. The molecule has 0 atom stereocenters. The molecule has 0 amide bonds. The first-order valence-electron chi connectivity index (χ1n) is 8.36. The fourth-order valence-electron chi connectivity index (χ4n) is 3.48. The molecule has 3 heterocycles. The van der Waals surface area contributed by atoms with Crippen LogP contribution in [0.15, 0.2) is 29.5 Å². The lowest BCUT2D eigenvalue weighted by atomic mass is 10.1. The van der Waals surface area contributed by atoms with E-state index in [0.29, 0.717) is 11.0 Å². The SMILES string of the molecule is CN1CCN(CC2(Cn3cnc4cccnc4c3=O)CC2)CC1. The predicted octanol–water partition coefficient (Wildman–Crippen LogP) is 0.819. The summed E-state index contributed by atoms with van der Waals surface area (Å²) in [6, 6.07) is 3.65. The zero-order valence-corrected chi connectivity index (χ0v) is 13.6. The fraction of sp³-hybridized carbons (Fsp3) is 0.588. The fourth-order valence-corrected chi connectivity index (χ4v) is 3.48. The summed E-state index contributed by atoms with van der Waals surface area (Å²) < 4.78 is 1.76. The van der Waals surface area contributed by atoms with Gasteiger partial charge in [0.05, 0.1) is 11.8 Å². The second kappa shape index (κ2) is 5.69. The molecule has 2 aromatic heterocycles. The molecule has 1 aliphatic carbocycles. The second-order valence-electron chi connectivity index (χ2n) is 7.13. The van der Waals surface area contributed by atoms with Crippen LogP contribution in [0.3, 0.4) is 0 Å². The molecule has 0 unspecified atom stereocenters. The van der Waals surface area contributed by atoms with E-state index in [4.69, 9.17) is 0 Å². The highest BCUT2D eigenvalue weighted by atomic mass is 16.1. The van der Waals surface area contributed by atoms with Crippen molar-refractivity contribution in [3.63, 3.8) is 0 Å². The van der Waals surface area contributed by atoms with Crippen molar-refractivity contribution in [2.24, 2.45) is 5.41 Å². The maximum absolute atomic E-state index is 12.6. The van der Waals surface area contributed by atoms with Crippen LogP contribution in [0, 0.1) is 5.41 Å². The number of nitrogens with zero attached hydrogens (tertiary/aromatic N) is 5. The maximum atomic E-state index is 12.6. The van der Waals surface area contributed by atoms with E-state index in [1.165, 1.54) is 12.8 Å². The van der Waals surface area contributed by atoms with Crippen molar-refractivity contribution in [3.05, 3.63) is 35.0 Å². The van der Waals surface area contributed by atoms with Gasteiger partial charge in [0.1, 0.15) is 0 Å². The minimum Gasteiger partial charge on any atom is -0.304 e. The standard InChI is InChI=1S/C17H23N5O/c1-20-7-9-21(10-8-20)11-17(4-5-17)12-22-13-19-14-3-2-6-18-15(14)16(22)23/h2-3,6,13H,4-5,7-12H2,1H3. The van der Waals surface area contributed by atoms with Gasteiger partial charge in [-0.25, -0.2) is 9.97 Å². The predicted molar refractivity (Wildman–Crippen MR) is 89.4 cm³/mol. The largest absolute Gasteiger partial charge is 0.304 e. The lowest BCUT2D eigenvalue weighted by molar-refractivity contribution is 0.125. The minimum absolute atomic E-state index is 0.0137. The molecule has 0 spiro atoms. The first-order chi connectivity index (χ1) is 11.2. The summed E-state index contributed by atoms with van der Waals surface area (Å²) in [4.78, 5) is 26.1. The van der Waals surface area contributed by atoms with Crippen LogP contribution in [0.25, 0.3) is 11.0 Å². The topological polar surface area (TPSA) is 54.3 Å². The van der Waals surface area contributed by atoms with Crippen molar-refractivity contribution in [2.45, 2.75) is 19.4 Å². The van der Waals surface area contributed by atoms with E-state index in [1.54, 1.807) is 17.1 Å². The van der Waals surface area contributed by atoms with Crippen molar-refractivity contribution in [3.8, 4) is 0 Å². The molecule has 1 saturated carbocycles. The summed E-state index contributed by atoms with van der Waals surface area (Å²) in [6.07, 6.45) is 5.75. The zero-order valence-electron chi connectivity index (χ0n) is 13.6. The Balaban J connectivity index is 1.51. The van der Waals surface area contributed by atoms with Crippen LogP contribution in [0.4, 0.5) is 0 Å². The monoisotopic (exact) mass is 313 g/mol. The van der Waals surface area contributed by atoms with Crippen LogP contribution in [0.5, 0.6) is 0 Å². The van der Waals surface area contributed by atoms with Gasteiger partial charge >= 0.3 is 0 Å². The van der Waals surface area contributed by atoms with E-state index in [-0.39, 0.29) is 11.0 Å². The molecule has 23 heavy (non-hydrogen) atoms. The van der Waals surface area contributed by atoms with Crippen molar-refractivity contribution in [1.82, 2.24) is 24.3 Å². The summed E-state index contributed by atoms with van der Waals surface area (Å²) in [7, 11) is 2.18. The summed E-state index contributed by atoms with van der Waals surface area (Å²) in [6.45, 7) is 6.38. The highest BCUT2D eigenvalue weighted by Gasteiger charge is 2.44. The Bertz CT molecular complexity index is 759. The lowest BCUT2D eigenvalue weighted by Gasteiger charge is -2.35. The van der Waals surface area contributed by atoms with Gasteiger partial charge in [0.15, 0.2) is 5.52 Å². The van der Waals surface area contributed by atoms with Crippen molar-refractivity contribution in [1.29, 1.82) is 0 Å². The van der Waals surface area contributed by atoms with Gasteiger partial charge < -0.3 is 9.80 Å². The van der Waals surface area contributed by atoms with Crippen LogP contribution >= 0.6 is 0 Å². The molecule has 4 rings (SSSR count). The van der Waals surface area contributed by atoms with Crippen LogP contribution < -0.4 is 5.56 Å². The van der Waals surface area contributed by atoms with E-state index >= 15 is 0 Å². The quantitative estimate of drug-likeness (QED) is 0.836. The van der Waals surface area contributed by atoms with Crippen molar-refractivity contribution in [2.75, 3.05) is 39.8 Å². The minimum atomic E-state index is -0.0137. The highest BCUT2D eigenvalue weighted by molar-refractivity contribution is 5.71. The molecule has 0 bridgehead atoms. The second-order valence-corrected chi connectivity index (χ2v) is 7.13. The number of aromatic nitrogens is 3. The number of hydrogen-bond donors (Lipinski definition) is 0. The third kappa shape index (κ3) is 3.01. The Kier molecular flexibility index (Phi) is 3.66.